The van der Waals surface area contributed by atoms with Crippen LogP contribution in [0.3, 0.4) is 0 Å². The summed E-state index contributed by atoms with van der Waals surface area (Å²) in [5.74, 6) is 0.221. The highest BCUT2D eigenvalue weighted by Gasteiger charge is 2.55. The Morgan fingerprint density at radius 3 is 2.38 bits per heavy atom. The maximum Gasteiger partial charge on any atom is 0.313 e. The minimum atomic E-state index is -0.418. The molecule has 1 heterocycles. The Hall–Kier alpha value is -3.59. The van der Waals surface area contributed by atoms with Crippen LogP contribution >= 0.6 is 0 Å². The Bertz CT molecular complexity index is 1170. The fourth-order valence-corrected chi connectivity index (χ4v) is 5.36. The molecule has 0 radical (unpaired) electrons. The number of rotatable bonds is 8. The highest BCUT2D eigenvalue weighted by molar-refractivity contribution is 5.81. The van der Waals surface area contributed by atoms with Gasteiger partial charge in [0.2, 0.25) is 0 Å². The second kappa shape index (κ2) is 9.72. The van der Waals surface area contributed by atoms with Crippen molar-refractivity contribution in [3.8, 4) is 0 Å². The Morgan fingerprint density at radius 1 is 0.941 bits per heavy atom. The Labute approximate surface area is 202 Å². The van der Waals surface area contributed by atoms with E-state index in [1.165, 1.54) is 22.3 Å². The first-order chi connectivity index (χ1) is 16.6. The molecule has 2 fully saturated rings. The van der Waals surface area contributed by atoms with Crippen LogP contribution in [-0.2, 0) is 22.4 Å². The lowest BCUT2D eigenvalue weighted by atomic mass is 9.75. The zero-order chi connectivity index (χ0) is 23.4. The molecule has 2 aliphatic rings. The maximum atomic E-state index is 12.7. The molecule has 0 aromatic heterocycles. The molecule has 2 atom stereocenters. The van der Waals surface area contributed by atoms with Crippen molar-refractivity contribution >= 4 is 17.7 Å². The highest BCUT2D eigenvalue weighted by Crippen LogP contribution is 2.52. The van der Waals surface area contributed by atoms with Gasteiger partial charge in [-0.25, -0.2) is 0 Å². The first-order valence-electron chi connectivity index (χ1n) is 12.1. The van der Waals surface area contributed by atoms with Crippen LogP contribution in [0.1, 0.15) is 29.5 Å². The largest absolute Gasteiger partial charge is 0.465 e. The van der Waals surface area contributed by atoms with Crippen LogP contribution in [0.4, 0.5) is 5.69 Å². The zero-order valence-electron chi connectivity index (χ0n) is 19.5. The van der Waals surface area contributed by atoms with Crippen LogP contribution < -0.4 is 4.90 Å². The van der Waals surface area contributed by atoms with Gasteiger partial charge in [0.15, 0.2) is 0 Å². The predicted molar refractivity (Wildman–Crippen MR) is 138 cm³/mol. The van der Waals surface area contributed by atoms with Crippen LogP contribution in [0.5, 0.6) is 0 Å². The average molecular weight is 450 g/mol. The quantitative estimate of drug-likeness (QED) is 0.292. The predicted octanol–water partition coefficient (Wildman–Crippen LogP) is 6.46. The summed E-state index contributed by atoms with van der Waals surface area (Å²) >= 11 is 0. The fraction of sp³-hybridized carbons (Fsp3) is 0.258. The van der Waals surface area contributed by atoms with Crippen LogP contribution in [-0.4, -0.2) is 19.1 Å². The lowest BCUT2D eigenvalue weighted by molar-refractivity contribution is -0.146. The van der Waals surface area contributed by atoms with Crippen LogP contribution in [0.25, 0.3) is 6.08 Å². The molecule has 5 rings (SSSR count). The second-order valence-corrected chi connectivity index (χ2v) is 9.58. The molecule has 3 heteroatoms. The third kappa shape index (κ3) is 4.70. The summed E-state index contributed by atoms with van der Waals surface area (Å²) < 4.78 is 5.46. The minimum absolute atomic E-state index is 0.0458. The van der Waals surface area contributed by atoms with Crippen molar-refractivity contribution < 1.29 is 9.53 Å². The SMILES string of the molecule is C=C1CC2COC(=O)C2(Cc2ccc(N(/C=C/c3ccccc3)CCc3ccccc3)cc2)C1. The number of hydrogen-bond acceptors (Lipinski definition) is 3. The van der Waals surface area contributed by atoms with Gasteiger partial charge in [-0.15, -0.1) is 0 Å². The van der Waals surface area contributed by atoms with Crippen molar-refractivity contribution in [2.75, 3.05) is 18.1 Å². The van der Waals surface area contributed by atoms with Crippen molar-refractivity contribution in [3.05, 3.63) is 120 Å². The number of ether oxygens (including phenoxy) is 1. The molecule has 2 unspecified atom stereocenters. The van der Waals surface area contributed by atoms with Crippen molar-refractivity contribution in [2.45, 2.75) is 25.7 Å². The van der Waals surface area contributed by atoms with Crippen LogP contribution in [0.15, 0.2) is 103 Å². The van der Waals surface area contributed by atoms with E-state index in [2.05, 4.69) is 103 Å². The third-order valence-electron chi connectivity index (χ3n) is 7.22. The van der Waals surface area contributed by atoms with Gasteiger partial charge < -0.3 is 9.64 Å². The molecule has 3 aromatic rings. The number of cyclic esters (lactones) is 1. The third-order valence-corrected chi connectivity index (χ3v) is 7.22. The van der Waals surface area contributed by atoms with E-state index in [4.69, 9.17) is 4.74 Å². The topological polar surface area (TPSA) is 29.5 Å². The number of fused-ring (bicyclic) bond motifs is 1. The van der Waals surface area contributed by atoms with Gasteiger partial charge in [-0.1, -0.05) is 84.9 Å². The number of nitrogens with zero attached hydrogens (tertiary/aromatic N) is 1. The summed E-state index contributed by atoms with van der Waals surface area (Å²) in [6.07, 6.45) is 7.65. The molecule has 0 spiro atoms. The number of esters is 1. The molecule has 34 heavy (non-hydrogen) atoms. The van der Waals surface area contributed by atoms with Crippen molar-refractivity contribution in [3.63, 3.8) is 0 Å². The molecular formula is C31H31NO2. The first-order valence-corrected chi connectivity index (χ1v) is 12.1. The maximum absolute atomic E-state index is 12.7. The van der Waals surface area contributed by atoms with Gasteiger partial charge in [0.25, 0.3) is 0 Å². The first kappa shape index (κ1) is 22.2. The monoisotopic (exact) mass is 449 g/mol. The summed E-state index contributed by atoms with van der Waals surface area (Å²) in [7, 11) is 0. The van der Waals surface area contributed by atoms with Gasteiger partial charge in [-0.2, -0.15) is 0 Å². The van der Waals surface area contributed by atoms with Crippen molar-refractivity contribution in [2.24, 2.45) is 11.3 Å². The van der Waals surface area contributed by atoms with Gasteiger partial charge in [0, 0.05) is 24.4 Å². The van der Waals surface area contributed by atoms with E-state index < -0.39 is 5.41 Å². The Kier molecular flexibility index (Phi) is 6.35. The summed E-state index contributed by atoms with van der Waals surface area (Å²) in [5, 5.41) is 0. The number of allylic oxidation sites excluding steroid dienone is 1. The van der Waals surface area contributed by atoms with Crippen molar-refractivity contribution in [1.82, 2.24) is 0 Å². The lowest BCUT2D eigenvalue weighted by Crippen LogP contribution is -2.31. The molecule has 3 nitrogen and oxygen atoms in total. The second-order valence-electron chi connectivity index (χ2n) is 9.58. The normalized spacial score (nSPS) is 21.6. The van der Waals surface area contributed by atoms with E-state index in [1.807, 2.05) is 6.07 Å². The molecule has 172 valence electrons. The van der Waals surface area contributed by atoms with Gasteiger partial charge in [-0.05, 0) is 60.6 Å². The smallest absolute Gasteiger partial charge is 0.313 e. The molecule has 1 aliphatic carbocycles. The van der Waals surface area contributed by atoms with Crippen LogP contribution in [0, 0.1) is 11.3 Å². The minimum Gasteiger partial charge on any atom is -0.465 e. The zero-order valence-corrected chi connectivity index (χ0v) is 19.5. The van der Waals surface area contributed by atoms with E-state index in [1.54, 1.807) is 0 Å². The van der Waals surface area contributed by atoms with E-state index in [-0.39, 0.29) is 11.9 Å². The summed E-state index contributed by atoms with van der Waals surface area (Å²) in [6, 6.07) is 29.6. The van der Waals surface area contributed by atoms with Crippen LogP contribution in [0.2, 0.25) is 0 Å². The molecule has 1 aliphatic heterocycles. The molecule has 0 amide bonds. The van der Waals surface area contributed by atoms with Gasteiger partial charge >= 0.3 is 5.97 Å². The molecular weight excluding hydrogens is 418 g/mol. The molecule has 3 aromatic carbocycles. The summed E-state index contributed by atoms with van der Waals surface area (Å²) in [6.45, 7) is 5.58. The summed E-state index contributed by atoms with van der Waals surface area (Å²) in [5.41, 5.74) is 5.58. The van der Waals surface area contributed by atoms with E-state index in [9.17, 15) is 4.79 Å². The molecule has 0 N–H and O–H groups in total. The van der Waals surface area contributed by atoms with Crippen molar-refractivity contribution in [1.29, 1.82) is 0 Å². The lowest BCUT2D eigenvalue weighted by Gasteiger charge is -2.25. The molecule has 1 saturated heterocycles. The number of benzene rings is 3. The molecule has 1 saturated carbocycles. The van der Waals surface area contributed by atoms with E-state index in [0.717, 1.165) is 37.9 Å². The Balaban J connectivity index is 1.35. The fourth-order valence-electron chi connectivity index (χ4n) is 5.36. The number of anilines is 1. The van der Waals surface area contributed by atoms with Gasteiger partial charge in [0.05, 0.1) is 12.0 Å². The molecule has 0 bridgehead atoms. The Morgan fingerprint density at radius 2 is 1.65 bits per heavy atom. The van der Waals surface area contributed by atoms with E-state index >= 15 is 0 Å². The average Bonchev–Trinajstić information content (AvgIpc) is 3.34. The highest BCUT2D eigenvalue weighted by atomic mass is 16.5. The standard InChI is InChI=1S/C31H31NO2/c1-24-20-28-23-34-30(33)31(28,21-24)22-27-12-14-29(15-13-27)32(18-16-25-8-4-2-5-9-25)19-17-26-10-6-3-7-11-26/h2-16,18,28H,1,17,19-23H2/b18-16+. The number of hydrogen-bond donors (Lipinski definition) is 0. The van der Waals surface area contributed by atoms with E-state index in [0.29, 0.717) is 6.61 Å². The van der Waals surface area contributed by atoms with Gasteiger partial charge in [0.1, 0.15) is 0 Å². The summed E-state index contributed by atoms with van der Waals surface area (Å²) in [4.78, 5) is 15.0. The number of carbonyl (C=O) groups excluding carboxylic acids is 1. The number of carbonyl (C=O) groups is 1. The van der Waals surface area contributed by atoms with Gasteiger partial charge in [-0.3, -0.25) is 4.79 Å².